The number of rotatable bonds is 5. The minimum atomic E-state index is -0.169. The Kier molecular flexibility index (Phi) is 11.3. The fourth-order valence-corrected chi connectivity index (χ4v) is 5.19. The van der Waals surface area contributed by atoms with Crippen molar-refractivity contribution < 1.29 is 9.53 Å². The molecular weight excluding hydrogens is 610 g/mol. The summed E-state index contributed by atoms with van der Waals surface area (Å²) < 4.78 is 6.51. The number of esters is 1. The topological polar surface area (TPSA) is 111 Å². The molecule has 3 aromatic heterocycles. The molecule has 7 aromatic rings. The molecule has 3 heterocycles. The normalized spacial score (nSPS) is 10.2. The molecule has 0 N–H and O–H groups in total. The van der Waals surface area contributed by atoms with E-state index in [2.05, 4.69) is 28.2 Å². The molecule has 8 heteroatoms. The zero-order valence-corrected chi connectivity index (χ0v) is 27.6. The van der Waals surface area contributed by atoms with E-state index in [0.29, 0.717) is 35.7 Å². The van der Waals surface area contributed by atoms with Crippen LogP contribution in [0, 0.1) is 18.3 Å². The molecule has 0 aliphatic heterocycles. The van der Waals surface area contributed by atoms with Crippen molar-refractivity contribution in [2.45, 2.75) is 20.3 Å². The van der Waals surface area contributed by atoms with Crippen LogP contribution in [0.5, 0.6) is 0 Å². The van der Waals surface area contributed by atoms with Crippen LogP contribution in [0.25, 0.3) is 43.9 Å². The van der Waals surface area contributed by atoms with Crippen molar-refractivity contribution in [3.05, 3.63) is 161 Å². The van der Waals surface area contributed by atoms with Crippen molar-refractivity contribution in [1.82, 2.24) is 19.5 Å². The van der Waals surface area contributed by atoms with Gasteiger partial charge in [-0.2, -0.15) is 5.26 Å². The van der Waals surface area contributed by atoms with Crippen molar-refractivity contribution in [2.24, 2.45) is 7.05 Å². The number of nitriles is 1. The van der Waals surface area contributed by atoms with Crippen LogP contribution >= 0.6 is 0 Å². The van der Waals surface area contributed by atoms with E-state index in [1.54, 1.807) is 48.5 Å². The number of carbonyl (C=O) groups excluding carboxylic acids is 1. The predicted octanol–water partition coefficient (Wildman–Crippen LogP) is 7.87. The number of pyridine rings is 2. The Bertz CT molecular complexity index is 2300. The van der Waals surface area contributed by atoms with Crippen molar-refractivity contribution in [3.8, 4) is 28.5 Å². The molecule has 0 saturated carbocycles. The highest BCUT2D eigenvalue weighted by atomic mass is 16.5. The minimum Gasteiger partial charge on any atom is -0.466 e. The number of benzene rings is 4. The Hall–Kier alpha value is -6.46. The smallest absolute Gasteiger partial charge is 0.310 e. The number of fused-ring (bicyclic) bond motifs is 2. The van der Waals surface area contributed by atoms with Gasteiger partial charge in [-0.05, 0) is 76.9 Å². The molecule has 0 aliphatic rings. The van der Waals surface area contributed by atoms with Gasteiger partial charge in [0.25, 0.3) is 5.56 Å². The second kappa shape index (κ2) is 16.4. The molecule has 0 unspecified atom stereocenters. The number of carbonyl (C=O) groups is 1. The van der Waals surface area contributed by atoms with Crippen molar-refractivity contribution >= 4 is 27.5 Å². The van der Waals surface area contributed by atoms with Gasteiger partial charge in [0.2, 0.25) is 0 Å². The summed E-state index contributed by atoms with van der Waals surface area (Å²) in [4.78, 5) is 36.9. The minimum absolute atomic E-state index is 0.0467. The van der Waals surface area contributed by atoms with Gasteiger partial charge in [0, 0.05) is 37.4 Å². The van der Waals surface area contributed by atoms with Crippen LogP contribution in [-0.4, -0.2) is 32.1 Å². The summed E-state index contributed by atoms with van der Waals surface area (Å²) in [6.07, 6.45) is 6.97. The fourth-order valence-electron chi connectivity index (χ4n) is 5.19. The number of hydrogen-bond donors (Lipinski definition) is 0. The van der Waals surface area contributed by atoms with Crippen LogP contribution in [0.15, 0.2) is 139 Å². The first kappa shape index (κ1) is 33.9. The largest absolute Gasteiger partial charge is 0.466 e. The number of nitrogens with zero attached hydrogens (tertiary/aromatic N) is 5. The van der Waals surface area contributed by atoms with Gasteiger partial charge in [0.05, 0.1) is 35.9 Å². The summed E-state index contributed by atoms with van der Waals surface area (Å²) in [6.45, 7) is 4.10. The van der Waals surface area contributed by atoms with Gasteiger partial charge in [-0.25, -0.2) is 4.98 Å². The monoisotopic (exact) mass is 645 g/mol. The lowest BCUT2D eigenvalue weighted by atomic mass is 9.98. The molecule has 8 nitrogen and oxygen atoms in total. The van der Waals surface area contributed by atoms with Gasteiger partial charge in [-0.15, -0.1) is 0 Å². The SMILES string of the molecule is CCOC(=O)Cc1ccc2ccccc2c1.Cc1nc(-c2ccncc2)c(-c2ccc3ccccc3c2)c(=O)n1C.N#Cc1ccncc1. The maximum atomic E-state index is 13.0. The Morgan fingerprint density at radius 1 is 0.755 bits per heavy atom. The molecule has 0 spiro atoms. The number of aryl methyl sites for hydroxylation is 1. The molecule has 0 amide bonds. The first-order valence-corrected chi connectivity index (χ1v) is 15.8. The standard InChI is InChI=1S/C21H17N3O.C14H14O2.C6H4N2/c1-14-23-20(16-9-11-22-12-10-16)19(21(25)24(14)2)18-8-7-15-5-3-4-6-17(15)13-18;1-2-16-14(15)10-11-7-8-12-5-3-4-6-13(12)9-11;7-5-6-1-3-8-4-2-6/h3-13H,1-2H3;3-9H,2,10H2,1H3;1-4H. The summed E-state index contributed by atoms with van der Waals surface area (Å²) in [6, 6.07) is 37.4. The van der Waals surface area contributed by atoms with Gasteiger partial charge in [0.1, 0.15) is 5.82 Å². The van der Waals surface area contributed by atoms with E-state index in [1.165, 1.54) is 5.39 Å². The van der Waals surface area contributed by atoms with Crippen LogP contribution in [-0.2, 0) is 23.0 Å². The molecule has 0 aliphatic carbocycles. The molecule has 0 fully saturated rings. The average molecular weight is 646 g/mol. The summed E-state index contributed by atoms with van der Waals surface area (Å²) in [5.41, 5.74) is 4.67. The summed E-state index contributed by atoms with van der Waals surface area (Å²) in [7, 11) is 1.76. The molecule has 0 saturated heterocycles. The first-order chi connectivity index (χ1) is 23.9. The lowest BCUT2D eigenvalue weighted by Gasteiger charge is -2.13. The molecule has 7 rings (SSSR count). The Balaban J connectivity index is 0.000000166. The van der Waals surface area contributed by atoms with E-state index in [9.17, 15) is 9.59 Å². The molecule has 0 atom stereocenters. The van der Waals surface area contributed by atoms with Crippen LogP contribution in [0.1, 0.15) is 23.9 Å². The van der Waals surface area contributed by atoms with E-state index in [0.717, 1.165) is 32.8 Å². The summed E-state index contributed by atoms with van der Waals surface area (Å²) in [5.74, 6) is 0.513. The number of aromatic nitrogens is 4. The van der Waals surface area contributed by atoms with Crippen LogP contribution < -0.4 is 5.56 Å². The maximum absolute atomic E-state index is 13.0. The van der Waals surface area contributed by atoms with E-state index in [1.807, 2.05) is 98.8 Å². The molecular formula is C41H35N5O3. The third-order valence-corrected chi connectivity index (χ3v) is 7.78. The van der Waals surface area contributed by atoms with Crippen molar-refractivity contribution in [3.63, 3.8) is 0 Å². The highest BCUT2D eigenvalue weighted by Gasteiger charge is 2.17. The third kappa shape index (κ3) is 8.67. The van der Waals surface area contributed by atoms with E-state index in [-0.39, 0.29) is 11.5 Å². The Labute approximate surface area is 285 Å². The Morgan fingerprint density at radius 3 is 1.92 bits per heavy atom. The zero-order valence-electron chi connectivity index (χ0n) is 27.6. The van der Waals surface area contributed by atoms with Crippen LogP contribution in [0.2, 0.25) is 0 Å². The average Bonchev–Trinajstić information content (AvgIpc) is 3.15. The van der Waals surface area contributed by atoms with E-state index < -0.39 is 0 Å². The van der Waals surface area contributed by atoms with Crippen LogP contribution in [0.3, 0.4) is 0 Å². The zero-order chi connectivity index (χ0) is 34.6. The third-order valence-electron chi connectivity index (χ3n) is 7.78. The number of hydrogen-bond acceptors (Lipinski definition) is 7. The highest BCUT2D eigenvalue weighted by molar-refractivity contribution is 5.90. The van der Waals surface area contributed by atoms with E-state index >= 15 is 0 Å². The first-order valence-electron chi connectivity index (χ1n) is 15.8. The summed E-state index contributed by atoms with van der Waals surface area (Å²) in [5, 5.41) is 12.9. The lowest BCUT2D eigenvalue weighted by molar-refractivity contribution is -0.142. The van der Waals surface area contributed by atoms with Crippen molar-refractivity contribution in [2.75, 3.05) is 6.61 Å². The summed E-state index contributed by atoms with van der Waals surface area (Å²) >= 11 is 0. The maximum Gasteiger partial charge on any atom is 0.310 e. The van der Waals surface area contributed by atoms with Crippen molar-refractivity contribution in [1.29, 1.82) is 5.26 Å². The van der Waals surface area contributed by atoms with Gasteiger partial charge >= 0.3 is 5.97 Å². The molecule has 0 bridgehead atoms. The number of ether oxygens (including phenoxy) is 1. The van der Waals surface area contributed by atoms with Gasteiger partial charge < -0.3 is 4.74 Å². The predicted molar refractivity (Wildman–Crippen MR) is 194 cm³/mol. The molecule has 4 aromatic carbocycles. The van der Waals surface area contributed by atoms with Crippen LogP contribution in [0.4, 0.5) is 0 Å². The van der Waals surface area contributed by atoms with Gasteiger partial charge in [-0.3, -0.25) is 24.1 Å². The molecule has 0 radical (unpaired) electrons. The molecule has 242 valence electrons. The highest BCUT2D eigenvalue weighted by Crippen LogP contribution is 2.30. The van der Waals surface area contributed by atoms with Gasteiger partial charge in [-0.1, -0.05) is 78.9 Å². The lowest BCUT2D eigenvalue weighted by Crippen LogP contribution is -2.23. The quantitative estimate of drug-likeness (QED) is 0.175. The fraction of sp³-hybridized carbons (Fsp3) is 0.122. The second-order valence-electron chi connectivity index (χ2n) is 11.1. The molecule has 49 heavy (non-hydrogen) atoms. The van der Waals surface area contributed by atoms with Gasteiger partial charge in [0.15, 0.2) is 0 Å². The van der Waals surface area contributed by atoms with E-state index in [4.69, 9.17) is 15.0 Å². The Morgan fingerprint density at radius 2 is 1.33 bits per heavy atom. The second-order valence-corrected chi connectivity index (χ2v) is 11.1.